The number of benzene rings is 1. The van der Waals surface area contributed by atoms with Crippen LogP contribution in [-0.4, -0.2) is 13.1 Å². The van der Waals surface area contributed by atoms with Crippen molar-refractivity contribution in [2.45, 2.75) is 12.8 Å². The number of carbonyl (C=O) groups is 1. The van der Waals surface area contributed by atoms with Gasteiger partial charge in [-0.25, -0.2) is 4.79 Å². The van der Waals surface area contributed by atoms with Gasteiger partial charge in [-0.05, 0) is 24.6 Å². The highest BCUT2D eigenvalue weighted by Gasteiger charge is 2.38. The normalized spacial score (nSPS) is 16.4. The summed E-state index contributed by atoms with van der Waals surface area (Å²) >= 11 is 5.93. The van der Waals surface area contributed by atoms with E-state index in [1.165, 1.54) is 13.2 Å². The largest absolute Gasteiger partial charge is 0.465 e. The Hall–Kier alpha value is -2.73. The molecular formula is C17H14ClNO5. The average Bonchev–Trinajstić information content (AvgIpc) is 2.55. The molecule has 7 heteroatoms. The highest BCUT2D eigenvalue weighted by molar-refractivity contribution is 6.30. The number of hydrogen-bond donors (Lipinski definition) is 1. The highest BCUT2D eigenvalue weighted by Crippen LogP contribution is 2.41. The molecule has 0 aliphatic carbocycles. The zero-order valence-electron chi connectivity index (χ0n) is 13.0. The first-order chi connectivity index (χ1) is 11.4. The van der Waals surface area contributed by atoms with Crippen LogP contribution in [0.1, 0.15) is 23.0 Å². The van der Waals surface area contributed by atoms with Crippen LogP contribution < -0.4 is 15.9 Å². The van der Waals surface area contributed by atoms with Gasteiger partial charge < -0.3 is 19.6 Å². The van der Waals surface area contributed by atoms with E-state index in [-0.39, 0.29) is 28.4 Å². The molecule has 0 saturated carbocycles. The molecule has 1 atom stereocenters. The maximum atomic E-state index is 12.2. The van der Waals surface area contributed by atoms with Crippen LogP contribution in [0.5, 0.6) is 5.75 Å². The third kappa shape index (κ3) is 2.65. The number of esters is 1. The lowest BCUT2D eigenvalue weighted by Crippen LogP contribution is -2.29. The number of aryl methyl sites for hydroxylation is 1. The van der Waals surface area contributed by atoms with Gasteiger partial charge in [0, 0.05) is 11.1 Å². The van der Waals surface area contributed by atoms with Crippen LogP contribution in [-0.2, 0) is 9.53 Å². The molecule has 0 spiro atoms. The first-order valence-corrected chi connectivity index (χ1v) is 7.46. The zero-order chi connectivity index (χ0) is 17.4. The van der Waals surface area contributed by atoms with Crippen molar-refractivity contribution in [1.29, 1.82) is 0 Å². The van der Waals surface area contributed by atoms with Crippen LogP contribution in [0.4, 0.5) is 0 Å². The topological polar surface area (TPSA) is 91.8 Å². The molecule has 2 heterocycles. The van der Waals surface area contributed by atoms with E-state index in [1.807, 2.05) is 0 Å². The number of nitrogens with two attached hydrogens (primary N) is 1. The van der Waals surface area contributed by atoms with E-state index in [4.69, 9.17) is 31.2 Å². The zero-order valence-corrected chi connectivity index (χ0v) is 13.7. The van der Waals surface area contributed by atoms with Gasteiger partial charge in [0.25, 0.3) is 0 Å². The summed E-state index contributed by atoms with van der Waals surface area (Å²) in [5.74, 6) is -1.02. The van der Waals surface area contributed by atoms with Gasteiger partial charge in [0.2, 0.25) is 17.1 Å². The van der Waals surface area contributed by atoms with Crippen LogP contribution in [0.2, 0.25) is 5.02 Å². The third-order valence-corrected chi connectivity index (χ3v) is 3.94. The summed E-state index contributed by atoms with van der Waals surface area (Å²) in [6, 6.07) is 8.09. The van der Waals surface area contributed by atoms with Crippen LogP contribution in [0, 0.1) is 6.92 Å². The van der Waals surface area contributed by atoms with Gasteiger partial charge in [0.1, 0.15) is 11.3 Å². The van der Waals surface area contributed by atoms with Crippen molar-refractivity contribution in [2.75, 3.05) is 7.11 Å². The number of rotatable bonds is 2. The Morgan fingerprint density at radius 2 is 1.96 bits per heavy atom. The summed E-state index contributed by atoms with van der Waals surface area (Å²) < 4.78 is 15.9. The molecule has 0 bridgehead atoms. The Morgan fingerprint density at radius 1 is 1.29 bits per heavy atom. The van der Waals surface area contributed by atoms with Crippen molar-refractivity contribution in [1.82, 2.24) is 0 Å². The van der Waals surface area contributed by atoms with Gasteiger partial charge in [-0.1, -0.05) is 23.7 Å². The predicted molar refractivity (Wildman–Crippen MR) is 86.9 cm³/mol. The van der Waals surface area contributed by atoms with Gasteiger partial charge in [-0.3, -0.25) is 4.79 Å². The molecule has 1 aromatic carbocycles. The molecule has 2 N–H and O–H groups in total. The van der Waals surface area contributed by atoms with E-state index in [2.05, 4.69) is 0 Å². The third-order valence-electron chi connectivity index (χ3n) is 3.69. The molecule has 24 heavy (non-hydrogen) atoms. The molecule has 1 aliphatic rings. The minimum absolute atomic E-state index is 0.0364. The van der Waals surface area contributed by atoms with Gasteiger partial charge in [-0.2, -0.15) is 0 Å². The first-order valence-electron chi connectivity index (χ1n) is 7.08. The molecule has 0 saturated heterocycles. The lowest BCUT2D eigenvalue weighted by atomic mass is 9.87. The summed E-state index contributed by atoms with van der Waals surface area (Å²) in [6.45, 7) is 1.64. The van der Waals surface area contributed by atoms with E-state index in [0.29, 0.717) is 16.3 Å². The van der Waals surface area contributed by atoms with E-state index in [0.717, 1.165) is 0 Å². The molecule has 2 aromatic rings. The number of ether oxygens (including phenoxy) is 2. The molecule has 0 radical (unpaired) electrons. The van der Waals surface area contributed by atoms with Crippen molar-refractivity contribution in [2.24, 2.45) is 5.73 Å². The maximum Gasteiger partial charge on any atom is 0.340 e. The number of methoxy groups -OCH3 is 1. The Morgan fingerprint density at radius 3 is 2.58 bits per heavy atom. The lowest BCUT2D eigenvalue weighted by molar-refractivity contribution is -0.136. The van der Waals surface area contributed by atoms with Crippen LogP contribution in [0.15, 0.2) is 51.0 Å². The van der Waals surface area contributed by atoms with E-state index >= 15 is 0 Å². The van der Waals surface area contributed by atoms with Gasteiger partial charge in [0.05, 0.1) is 13.0 Å². The summed E-state index contributed by atoms with van der Waals surface area (Å²) in [7, 11) is 1.24. The fraction of sp³-hybridized carbons (Fsp3) is 0.176. The molecular weight excluding hydrogens is 334 g/mol. The van der Waals surface area contributed by atoms with Gasteiger partial charge in [-0.15, -0.1) is 0 Å². The second-order valence-electron chi connectivity index (χ2n) is 5.27. The summed E-state index contributed by atoms with van der Waals surface area (Å²) in [4.78, 5) is 24.4. The summed E-state index contributed by atoms with van der Waals surface area (Å²) in [5.41, 5.74) is 6.25. The van der Waals surface area contributed by atoms with E-state index in [1.54, 1.807) is 31.2 Å². The summed E-state index contributed by atoms with van der Waals surface area (Å²) in [5, 5.41) is 0.535. The molecule has 124 valence electrons. The van der Waals surface area contributed by atoms with Crippen molar-refractivity contribution in [3.05, 3.63) is 74.1 Å². The smallest absolute Gasteiger partial charge is 0.340 e. The number of halogens is 1. The van der Waals surface area contributed by atoms with E-state index < -0.39 is 11.9 Å². The Balaban J connectivity index is 2.29. The SMILES string of the molecule is COC(=O)C1=C(N)Oc2c(oc(C)cc2=O)C1c1ccc(Cl)cc1. The molecule has 0 fully saturated rings. The molecule has 0 amide bonds. The molecule has 6 nitrogen and oxygen atoms in total. The van der Waals surface area contributed by atoms with Crippen LogP contribution in [0.3, 0.4) is 0 Å². The van der Waals surface area contributed by atoms with Crippen LogP contribution in [0.25, 0.3) is 0 Å². The number of fused-ring (bicyclic) bond motifs is 1. The minimum Gasteiger partial charge on any atom is -0.465 e. The quantitative estimate of drug-likeness (QED) is 0.839. The van der Waals surface area contributed by atoms with Crippen LogP contribution >= 0.6 is 11.6 Å². The monoisotopic (exact) mass is 347 g/mol. The predicted octanol–water partition coefficient (Wildman–Crippen LogP) is 2.47. The van der Waals surface area contributed by atoms with Crippen molar-refractivity contribution >= 4 is 17.6 Å². The van der Waals surface area contributed by atoms with Gasteiger partial charge >= 0.3 is 5.97 Å². The molecule has 3 rings (SSSR count). The Labute approximate surface area is 142 Å². The lowest BCUT2D eigenvalue weighted by Gasteiger charge is -2.26. The molecule has 1 unspecified atom stereocenters. The second-order valence-corrected chi connectivity index (χ2v) is 5.71. The first kappa shape index (κ1) is 16.1. The summed E-state index contributed by atoms with van der Waals surface area (Å²) in [6.07, 6.45) is 0. The molecule has 1 aromatic heterocycles. The maximum absolute atomic E-state index is 12.2. The van der Waals surface area contributed by atoms with Crippen molar-refractivity contribution in [3.8, 4) is 5.75 Å². The fourth-order valence-corrected chi connectivity index (χ4v) is 2.78. The average molecular weight is 348 g/mol. The second kappa shape index (κ2) is 6.05. The minimum atomic E-state index is -0.730. The fourth-order valence-electron chi connectivity index (χ4n) is 2.65. The Kier molecular flexibility index (Phi) is 4.07. The number of hydrogen-bond acceptors (Lipinski definition) is 6. The van der Waals surface area contributed by atoms with Crippen molar-refractivity contribution in [3.63, 3.8) is 0 Å². The van der Waals surface area contributed by atoms with Gasteiger partial charge in [0.15, 0.2) is 5.76 Å². The molecule has 1 aliphatic heterocycles. The standard InChI is InChI=1S/C17H14ClNO5/c1-8-7-11(20)14-15(23-8)12(9-3-5-10(18)6-4-9)13(16(19)24-14)17(21)22-2/h3-7,12H,19H2,1-2H3. The highest BCUT2D eigenvalue weighted by atomic mass is 35.5. The number of carbonyl (C=O) groups excluding carboxylic acids is 1. The van der Waals surface area contributed by atoms with Crippen molar-refractivity contribution < 1.29 is 18.7 Å². The Bertz CT molecular complexity index is 898. The van der Waals surface area contributed by atoms with E-state index in [9.17, 15) is 9.59 Å².